The van der Waals surface area contributed by atoms with Crippen LogP contribution < -0.4 is 0 Å². The topological polar surface area (TPSA) is 83.9 Å². The molecule has 1 aliphatic rings. The molecule has 1 unspecified atom stereocenters. The molecule has 0 bridgehead atoms. The molecule has 106 valence electrons. The number of esters is 1. The number of hydrogen-bond acceptors (Lipinski definition) is 4. The Morgan fingerprint density at radius 3 is 2.50 bits per heavy atom. The number of piperidine rings is 1. The van der Waals surface area contributed by atoms with Gasteiger partial charge in [0, 0.05) is 6.54 Å². The highest BCUT2D eigenvalue weighted by Gasteiger charge is 2.34. The van der Waals surface area contributed by atoms with Crippen LogP contribution in [0.1, 0.15) is 29.6 Å². The summed E-state index contributed by atoms with van der Waals surface area (Å²) in [5, 5.41) is 9.07. The number of rotatable bonds is 2. The van der Waals surface area contributed by atoms with Crippen molar-refractivity contribution in [3.05, 3.63) is 35.9 Å². The zero-order valence-corrected chi connectivity index (χ0v) is 10.8. The highest BCUT2D eigenvalue weighted by Crippen LogP contribution is 2.18. The quantitative estimate of drug-likeness (QED) is 0.659. The van der Waals surface area contributed by atoms with Gasteiger partial charge in [-0.05, 0) is 31.4 Å². The van der Waals surface area contributed by atoms with Gasteiger partial charge in [0.15, 0.2) is 0 Å². The van der Waals surface area contributed by atoms with E-state index < -0.39 is 24.1 Å². The van der Waals surface area contributed by atoms with Crippen LogP contribution in [0.5, 0.6) is 0 Å². The van der Waals surface area contributed by atoms with Crippen molar-refractivity contribution in [3.8, 4) is 0 Å². The van der Waals surface area contributed by atoms with Crippen LogP contribution in [-0.4, -0.2) is 40.6 Å². The second-order valence-corrected chi connectivity index (χ2v) is 4.56. The highest BCUT2D eigenvalue weighted by molar-refractivity contribution is 5.97. The summed E-state index contributed by atoms with van der Waals surface area (Å²) < 4.78 is 4.74. The summed E-state index contributed by atoms with van der Waals surface area (Å²) in [6.45, 7) is 0.290. The van der Waals surface area contributed by atoms with Crippen LogP contribution in [0.15, 0.2) is 30.3 Å². The van der Waals surface area contributed by atoms with Crippen LogP contribution >= 0.6 is 0 Å². The number of carboxylic acids is 1. The number of nitrogens with zero attached hydrogens (tertiary/aromatic N) is 1. The number of hydrogen-bond donors (Lipinski definition) is 1. The van der Waals surface area contributed by atoms with Gasteiger partial charge in [-0.3, -0.25) is 4.90 Å². The molecule has 2 rings (SSSR count). The lowest BCUT2D eigenvalue weighted by molar-refractivity contribution is -0.143. The number of likely N-dealkylation sites (tertiary alicyclic amines) is 1. The first-order valence-corrected chi connectivity index (χ1v) is 6.40. The molecule has 1 saturated heterocycles. The van der Waals surface area contributed by atoms with Gasteiger partial charge < -0.3 is 9.84 Å². The SMILES string of the molecule is O=C(OC(=O)N1CCCCC1C(=O)O)c1ccccc1. The summed E-state index contributed by atoms with van der Waals surface area (Å²) in [6.07, 6.45) is 0.932. The van der Waals surface area contributed by atoms with Crippen molar-refractivity contribution in [3.63, 3.8) is 0 Å². The minimum Gasteiger partial charge on any atom is -0.480 e. The van der Waals surface area contributed by atoms with E-state index in [4.69, 9.17) is 9.84 Å². The van der Waals surface area contributed by atoms with E-state index in [1.165, 1.54) is 12.1 Å². The molecule has 1 heterocycles. The van der Waals surface area contributed by atoms with Crippen LogP contribution in [0.2, 0.25) is 0 Å². The molecule has 0 spiro atoms. The van der Waals surface area contributed by atoms with Crippen molar-refractivity contribution >= 4 is 18.0 Å². The van der Waals surface area contributed by atoms with E-state index in [1.807, 2.05) is 0 Å². The number of aliphatic carboxylic acids is 1. The summed E-state index contributed by atoms with van der Waals surface area (Å²) in [5.74, 6) is -1.85. The fourth-order valence-electron chi connectivity index (χ4n) is 2.18. The minimum atomic E-state index is -1.08. The Bertz CT molecular complexity index is 514. The van der Waals surface area contributed by atoms with E-state index in [-0.39, 0.29) is 12.1 Å². The molecule has 1 atom stereocenters. The first-order valence-electron chi connectivity index (χ1n) is 6.40. The second-order valence-electron chi connectivity index (χ2n) is 4.56. The summed E-state index contributed by atoms with van der Waals surface area (Å²) in [6, 6.07) is 7.19. The third kappa shape index (κ3) is 3.14. The first-order chi connectivity index (χ1) is 9.59. The first kappa shape index (κ1) is 14.0. The van der Waals surface area contributed by atoms with Gasteiger partial charge in [-0.1, -0.05) is 18.2 Å². The van der Waals surface area contributed by atoms with Crippen LogP contribution in [0.25, 0.3) is 0 Å². The Kier molecular flexibility index (Phi) is 4.34. The number of ether oxygens (including phenoxy) is 1. The zero-order valence-electron chi connectivity index (χ0n) is 10.8. The fraction of sp³-hybridized carbons (Fsp3) is 0.357. The van der Waals surface area contributed by atoms with Crippen molar-refractivity contribution < 1.29 is 24.2 Å². The number of carbonyl (C=O) groups excluding carboxylic acids is 2. The molecule has 1 aromatic rings. The van der Waals surface area contributed by atoms with Crippen molar-refractivity contribution in [2.45, 2.75) is 25.3 Å². The molecule has 6 nitrogen and oxygen atoms in total. The summed E-state index contributed by atoms with van der Waals surface area (Å²) >= 11 is 0. The van der Waals surface area contributed by atoms with E-state index in [2.05, 4.69) is 0 Å². The molecule has 0 radical (unpaired) electrons. The molecule has 1 fully saturated rings. The summed E-state index contributed by atoms with van der Waals surface area (Å²) in [5.41, 5.74) is 0.254. The average Bonchev–Trinajstić information content (AvgIpc) is 2.48. The average molecular weight is 277 g/mol. The van der Waals surface area contributed by atoms with Crippen molar-refractivity contribution in [2.75, 3.05) is 6.54 Å². The lowest BCUT2D eigenvalue weighted by Gasteiger charge is -2.31. The monoisotopic (exact) mass is 277 g/mol. The predicted molar refractivity (Wildman–Crippen MR) is 69.2 cm³/mol. The molecule has 0 aliphatic carbocycles. The molecular weight excluding hydrogens is 262 g/mol. The van der Waals surface area contributed by atoms with E-state index in [9.17, 15) is 14.4 Å². The third-order valence-electron chi connectivity index (χ3n) is 3.21. The maximum absolute atomic E-state index is 11.9. The molecular formula is C14H15NO5. The van der Waals surface area contributed by atoms with E-state index >= 15 is 0 Å². The van der Waals surface area contributed by atoms with Gasteiger partial charge in [-0.15, -0.1) is 0 Å². The number of carbonyl (C=O) groups is 3. The Labute approximate surface area is 115 Å². The molecule has 1 aromatic carbocycles. The lowest BCUT2D eigenvalue weighted by atomic mass is 10.0. The second kappa shape index (κ2) is 6.18. The number of carboxylic acid groups (broad SMARTS) is 1. The predicted octanol–water partition coefficient (Wildman–Crippen LogP) is 1.90. The van der Waals surface area contributed by atoms with Gasteiger partial charge in [0.1, 0.15) is 6.04 Å². The molecule has 20 heavy (non-hydrogen) atoms. The Morgan fingerprint density at radius 2 is 1.85 bits per heavy atom. The smallest absolute Gasteiger partial charge is 0.418 e. The van der Waals surface area contributed by atoms with Gasteiger partial charge >= 0.3 is 18.0 Å². The molecule has 1 amide bonds. The van der Waals surface area contributed by atoms with Crippen molar-refractivity contribution in [1.82, 2.24) is 4.90 Å². The maximum atomic E-state index is 11.9. The Balaban J connectivity index is 2.03. The maximum Gasteiger partial charge on any atom is 0.418 e. The van der Waals surface area contributed by atoms with Gasteiger partial charge in [0.25, 0.3) is 0 Å². The van der Waals surface area contributed by atoms with Crippen LogP contribution in [0.4, 0.5) is 4.79 Å². The van der Waals surface area contributed by atoms with Crippen LogP contribution in [-0.2, 0) is 9.53 Å². The fourth-order valence-corrected chi connectivity index (χ4v) is 2.18. The van der Waals surface area contributed by atoms with E-state index in [0.717, 1.165) is 11.3 Å². The van der Waals surface area contributed by atoms with Crippen molar-refractivity contribution in [2.24, 2.45) is 0 Å². The van der Waals surface area contributed by atoms with Crippen LogP contribution in [0.3, 0.4) is 0 Å². The van der Waals surface area contributed by atoms with Crippen molar-refractivity contribution in [1.29, 1.82) is 0 Å². The van der Waals surface area contributed by atoms with Gasteiger partial charge in [0.05, 0.1) is 5.56 Å². The molecule has 6 heteroatoms. The number of amides is 1. The van der Waals surface area contributed by atoms with Gasteiger partial charge in [-0.2, -0.15) is 0 Å². The Hall–Kier alpha value is -2.37. The Morgan fingerprint density at radius 1 is 1.15 bits per heavy atom. The van der Waals surface area contributed by atoms with Gasteiger partial charge in [-0.25, -0.2) is 14.4 Å². The van der Waals surface area contributed by atoms with Gasteiger partial charge in [0.2, 0.25) is 0 Å². The third-order valence-corrected chi connectivity index (χ3v) is 3.21. The molecule has 1 N–H and O–H groups in total. The molecule has 0 saturated carbocycles. The highest BCUT2D eigenvalue weighted by atomic mass is 16.6. The van der Waals surface area contributed by atoms with Crippen LogP contribution in [0, 0.1) is 0 Å². The van der Waals surface area contributed by atoms with E-state index in [0.29, 0.717) is 12.8 Å². The minimum absolute atomic E-state index is 0.254. The lowest BCUT2D eigenvalue weighted by Crippen LogP contribution is -2.48. The molecule has 0 aromatic heterocycles. The summed E-state index contributed by atoms with van der Waals surface area (Å²) in [4.78, 5) is 35.9. The number of benzene rings is 1. The largest absolute Gasteiger partial charge is 0.480 e. The van der Waals surface area contributed by atoms with E-state index in [1.54, 1.807) is 18.2 Å². The zero-order chi connectivity index (χ0) is 14.5. The summed E-state index contributed by atoms with van der Waals surface area (Å²) in [7, 11) is 0. The standard InChI is InChI=1S/C14H15NO5/c16-12(17)11-8-4-5-9-15(11)14(19)20-13(18)10-6-2-1-3-7-10/h1-3,6-7,11H,4-5,8-9H2,(H,16,17). The molecule has 1 aliphatic heterocycles. The normalized spacial score (nSPS) is 18.4.